The Hall–Kier alpha value is -3.34. The van der Waals surface area contributed by atoms with Crippen molar-refractivity contribution in [3.63, 3.8) is 0 Å². The molecule has 1 aromatic heterocycles. The zero-order chi connectivity index (χ0) is 21.3. The standard InChI is InChI=1S/C23H22N2O4S/c1-28-21-14-16(2-7-20(21)29-12-10-24)8-11-25-23(27)22(26)18-5-3-17(4-6-18)19-9-13-30-15-19/h2-7,9,13-15,22,26H,8,11-12H2,1H3,(H,25,27). The van der Waals surface area contributed by atoms with Crippen LogP contribution in [0.5, 0.6) is 11.5 Å². The van der Waals surface area contributed by atoms with Gasteiger partial charge in [-0.05, 0) is 57.6 Å². The zero-order valence-electron chi connectivity index (χ0n) is 16.5. The number of thiophene rings is 1. The summed E-state index contributed by atoms with van der Waals surface area (Å²) in [6.07, 6.45) is -0.664. The van der Waals surface area contributed by atoms with Crippen LogP contribution in [0.2, 0.25) is 0 Å². The average molecular weight is 423 g/mol. The highest BCUT2D eigenvalue weighted by atomic mass is 32.1. The number of carbonyl (C=O) groups is 1. The first-order chi connectivity index (χ1) is 14.6. The van der Waals surface area contributed by atoms with Gasteiger partial charge in [0.2, 0.25) is 0 Å². The molecule has 154 valence electrons. The molecule has 1 unspecified atom stereocenters. The number of hydrogen-bond acceptors (Lipinski definition) is 6. The van der Waals surface area contributed by atoms with E-state index in [0.29, 0.717) is 30.0 Å². The highest BCUT2D eigenvalue weighted by Gasteiger charge is 2.17. The second-order valence-corrected chi connectivity index (χ2v) is 7.29. The number of amides is 1. The molecule has 0 aliphatic carbocycles. The summed E-state index contributed by atoms with van der Waals surface area (Å²) in [7, 11) is 1.53. The van der Waals surface area contributed by atoms with Crippen molar-refractivity contribution in [2.75, 3.05) is 20.3 Å². The Labute approximate surface area is 179 Å². The Kier molecular flexibility index (Phi) is 7.44. The number of rotatable bonds is 9. The summed E-state index contributed by atoms with van der Waals surface area (Å²) in [5.74, 6) is 0.576. The van der Waals surface area contributed by atoms with Crippen LogP contribution in [0.3, 0.4) is 0 Å². The van der Waals surface area contributed by atoms with Crippen molar-refractivity contribution in [2.45, 2.75) is 12.5 Å². The maximum absolute atomic E-state index is 12.3. The molecule has 0 spiro atoms. The highest BCUT2D eigenvalue weighted by molar-refractivity contribution is 7.08. The number of nitrogens with zero attached hydrogens (tertiary/aromatic N) is 1. The van der Waals surface area contributed by atoms with Crippen molar-refractivity contribution < 1.29 is 19.4 Å². The first kappa shape index (κ1) is 21.4. The first-order valence-corrected chi connectivity index (χ1v) is 10.3. The lowest BCUT2D eigenvalue weighted by Gasteiger charge is -2.13. The second-order valence-electron chi connectivity index (χ2n) is 6.51. The summed E-state index contributed by atoms with van der Waals surface area (Å²) < 4.78 is 10.6. The molecule has 1 atom stereocenters. The van der Waals surface area contributed by atoms with Gasteiger partial charge in [0.1, 0.15) is 6.07 Å². The summed E-state index contributed by atoms with van der Waals surface area (Å²) in [5, 5.41) is 25.8. The summed E-state index contributed by atoms with van der Waals surface area (Å²) in [6.45, 7) is 0.308. The minimum atomic E-state index is -1.22. The maximum atomic E-state index is 12.3. The summed E-state index contributed by atoms with van der Waals surface area (Å²) in [6, 6.07) is 16.7. The number of carbonyl (C=O) groups excluding carboxylic acids is 1. The monoisotopic (exact) mass is 422 g/mol. The molecular formula is C23H22N2O4S. The lowest BCUT2D eigenvalue weighted by atomic mass is 10.0. The van der Waals surface area contributed by atoms with E-state index < -0.39 is 12.0 Å². The lowest BCUT2D eigenvalue weighted by molar-refractivity contribution is -0.129. The van der Waals surface area contributed by atoms with Crippen molar-refractivity contribution in [3.8, 4) is 28.7 Å². The predicted octanol–water partition coefficient (Wildman–Crippen LogP) is 3.72. The Morgan fingerprint density at radius 1 is 1.17 bits per heavy atom. The van der Waals surface area contributed by atoms with Crippen LogP contribution in [0, 0.1) is 11.3 Å². The zero-order valence-corrected chi connectivity index (χ0v) is 17.3. The molecule has 2 aromatic carbocycles. The number of aliphatic hydroxyl groups is 1. The van der Waals surface area contributed by atoms with Crippen LogP contribution in [-0.2, 0) is 11.2 Å². The molecule has 0 bridgehead atoms. The van der Waals surface area contributed by atoms with E-state index in [-0.39, 0.29) is 6.61 Å². The van der Waals surface area contributed by atoms with Crippen molar-refractivity contribution in [1.82, 2.24) is 5.32 Å². The minimum Gasteiger partial charge on any atom is -0.493 e. The fourth-order valence-corrected chi connectivity index (χ4v) is 3.63. The molecule has 6 nitrogen and oxygen atoms in total. The van der Waals surface area contributed by atoms with E-state index in [4.69, 9.17) is 14.7 Å². The van der Waals surface area contributed by atoms with Crippen molar-refractivity contribution in [3.05, 3.63) is 70.4 Å². The molecule has 2 N–H and O–H groups in total. The number of ether oxygens (including phenoxy) is 2. The van der Waals surface area contributed by atoms with Gasteiger partial charge < -0.3 is 19.9 Å². The maximum Gasteiger partial charge on any atom is 0.253 e. The molecule has 1 amide bonds. The van der Waals surface area contributed by atoms with Crippen LogP contribution in [0.15, 0.2) is 59.3 Å². The van der Waals surface area contributed by atoms with Gasteiger partial charge in [-0.2, -0.15) is 16.6 Å². The van der Waals surface area contributed by atoms with Gasteiger partial charge in [0, 0.05) is 6.54 Å². The number of aliphatic hydroxyl groups excluding tert-OH is 1. The quantitative estimate of drug-likeness (QED) is 0.548. The van der Waals surface area contributed by atoms with E-state index in [9.17, 15) is 9.90 Å². The molecule has 0 radical (unpaired) electrons. The fraction of sp³-hybridized carbons (Fsp3) is 0.217. The largest absolute Gasteiger partial charge is 0.493 e. The van der Waals surface area contributed by atoms with Crippen LogP contribution in [0.4, 0.5) is 0 Å². The van der Waals surface area contributed by atoms with Gasteiger partial charge >= 0.3 is 0 Å². The van der Waals surface area contributed by atoms with Crippen molar-refractivity contribution >= 4 is 17.2 Å². The smallest absolute Gasteiger partial charge is 0.253 e. The fourth-order valence-electron chi connectivity index (χ4n) is 2.96. The van der Waals surface area contributed by atoms with E-state index in [0.717, 1.165) is 16.7 Å². The van der Waals surface area contributed by atoms with Gasteiger partial charge in [0.05, 0.1) is 7.11 Å². The van der Waals surface area contributed by atoms with Crippen molar-refractivity contribution in [2.24, 2.45) is 0 Å². The average Bonchev–Trinajstić information content (AvgIpc) is 3.32. The number of methoxy groups -OCH3 is 1. The normalized spacial score (nSPS) is 11.4. The molecule has 3 rings (SSSR count). The van der Waals surface area contributed by atoms with Crippen LogP contribution in [-0.4, -0.2) is 31.3 Å². The van der Waals surface area contributed by atoms with Crippen LogP contribution >= 0.6 is 11.3 Å². The van der Waals surface area contributed by atoms with Crippen molar-refractivity contribution in [1.29, 1.82) is 5.26 Å². The molecule has 0 aliphatic heterocycles. The SMILES string of the molecule is COc1cc(CCNC(=O)C(O)c2ccc(-c3ccsc3)cc2)ccc1OCC#N. The van der Waals surface area contributed by atoms with Gasteiger partial charge in [-0.15, -0.1) is 0 Å². The summed E-state index contributed by atoms with van der Waals surface area (Å²) in [5.41, 5.74) is 3.65. The molecule has 7 heteroatoms. The van der Waals surface area contributed by atoms with Crippen LogP contribution in [0.1, 0.15) is 17.2 Å². The second kappa shape index (κ2) is 10.4. The Morgan fingerprint density at radius 3 is 2.63 bits per heavy atom. The Bertz CT molecular complexity index is 1010. The topological polar surface area (TPSA) is 91.6 Å². The molecule has 3 aromatic rings. The predicted molar refractivity (Wildman–Crippen MR) is 116 cm³/mol. The molecule has 0 fully saturated rings. The third kappa shape index (κ3) is 5.38. The Morgan fingerprint density at radius 2 is 1.97 bits per heavy atom. The van der Waals surface area contributed by atoms with Gasteiger partial charge in [0.25, 0.3) is 5.91 Å². The number of hydrogen-bond donors (Lipinski definition) is 2. The van der Waals surface area contributed by atoms with E-state index in [1.165, 1.54) is 7.11 Å². The third-order valence-corrected chi connectivity index (χ3v) is 5.25. The van der Waals surface area contributed by atoms with E-state index in [2.05, 4.69) is 10.7 Å². The van der Waals surface area contributed by atoms with E-state index >= 15 is 0 Å². The van der Waals surface area contributed by atoms with Gasteiger partial charge in [-0.25, -0.2) is 0 Å². The van der Waals surface area contributed by atoms with E-state index in [1.54, 1.807) is 35.6 Å². The molecular weight excluding hydrogens is 400 g/mol. The van der Waals surface area contributed by atoms with Gasteiger partial charge in [0.15, 0.2) is 24.2 Å². The third-order valence-electron chi connectivity index (χ3n) is 4.56. The van der Waals surface area contributed by atoms with Crippen LogP contribution in [0.25, 0.3) is 11.1 Å². The number of nitriles is 1. The summed E-state index contributed by atoms with van der Waals surface area (Å²) >= 11 is 1.62. The van der Waals surface area contributed by atoms with Gasteiger partial charge in [-0.3, -0.25) is 4.79 Å². The molecule has 0 saturated carbocycles. The van der Waals surface area contributed by atoms with Crippen LogP contribution < -0.4 is 14.8 Å². The van der Waals surface area contributed by atoms with Gasteiger partial charge in [-0.1, -0.05) is 30.3 Å². The minimum absolute atomic E-state index is 0.0576. The number of benzene rings is 2. The first-order valence-electron chi connectivity index (χ1n) is 9.37. The van der Waals surface area contributed by atoms with E-state index in [1.807, 2.05) is 35.7 Å². The molecule has 0 saturated heterocycles. The molecule has 1 heterocycles. The summed E-state index contributed by atoms with van der Waals surface area (Å²) in [4.78, 5) is 12.3. The molecule has 30 heavy (non-hydrogen) atoms. The molecule has 0 aliphatic rings. The Balaban J connectivity index is 1.53. The number of nitrogens with one attached hydrogen (secondary N) is 1. The highest BCUT2D eigenvalue weighted by Crippen LogP contribution is 2.28. The lowest BCUT2D eigenvalue weighted by Crippen LogP contribution is -2.30.